The van der Waals surface area contributed by atoms with Crippen LogP contribution >= 0.6 is 27.7 Å². The van der Waals surface area contributed by atoms with Crippen molar-refractivity contribution >= 4 is 27.7 Å². The number of aromatic nitrogens is 3. The average molecular weight is 402 g/mol. The van der Waals surface area contributed by atoms with Crippen molar-refractivity contribution in [2.45, 2.75) is 31.3 Å². The maximum absolute atomic E-state index is 4.45. The molecule has 0 aliphatic rings. The van der Waals surface area contributed by atoms with Crippen LogP contribution in [0.25, 0.3) is 11.4 Å². The van der Waals surface area contributed by atoms with Gasteiger partial charge in [0.05, 0.1) is 0 Å². The molecule has 0 aliphatic heterocycles. The molecule has 0 saturated carbocycles. The maximum atomic E-state index is 4.45. The highest BCUT2D eigenvalue weighted by Crippen LogP contribution is 2.27. The predicted molar refractivity (Wildman–Crippen MR) is 104 cm³/mol. The number of rotatable bonds is 6. The van der Waals surface area contributed by atoms with Crippen molar-refractivity contribution in [3.05, 3.63) is 64.6 Å². The third kappa shape index (κ3) is 4.28. The lowest BCUT2D eigenvalue weighted by atomic mass is 10.2. The molecule has 0 radical (unpaired) electrons. The van der Waals surface area contributed by atoms with E-state index in [-0.39, 0.29) is 0 Å². The van der Waals surface area contributed by atoms with Gasteiger partial charge < -0.3 is 4.57 Å². The van der Waals surface area contributed by atoms with Gasteiger partial charge in [0.2, 0.25) is 0 Å². The molecular weight excluding hydrogens is 382 g/mol. The second-order valence-electron chi connectivity index (χ2n) is 6.09. The normalized spacial score (nSPS) is 11.2. The van der Waals surface area contributed by atoms with Gasteiger partial charge in [-0.05, 0) is 23.6 Å². The minimum Gasteiger partial charge on any atom is -0.302 e. The van der Waals surface area contributed by atoms with E-state index in [1.54, 1.807) is 11.8 Å². The molecule has 2 aromatic carbocycles. The molecule has 24 heavy (non-hydrogen) atoms. The van der Waals surface area contributed by atoms with E-state index >= 15 is 0 Å². The zero-order valence-corrected chi connectivity index (χ0v) is 16.2. The van der Waals surface area contributed by atoms with Gasteiger partial charge in [-0.1, -0.05) is 84.0 Å². The van der Waals surface area contributed by atoms with Crippen molar-refractivity contribution < 1.29 is 0 Å². The minimum atomic E-state index is 0.537. The van der Waals surface area contributed by atoms with Crippen molar-refractivity contribution in [3.63, 3.8) is 0 Å². The summed E-state index contributed by atoms with van der Waals surface area (Å²) in [4.78, 5) is 0. The van der Waals surface area contributed by atoms with Gasteiger partial charge in [-0.15, -0.1) is 10.2 Å². The van der Waals surface area contributed by atoms with E-state index < -0.39 is 0 Å². The lowest BCUT2D eigenvalue weighted by Gasteiger charge is -2.12. The Labute approximate surface area is 155 Å². The smallest absolute Gasteiger partial charge is 0.191 e. The summed E-state index contributed by atoms with van der Waals surface area (Å²) >= 11 is 5.21. The van der Waals surface area contributed by atoms with Gasteiger partial charge in [0, 0.05) is 22.3 Å². The Bertz CT molecular complexity index is 782. The van der Waals surface area contributed by atoms with Gasteiger partial charge in [0.1, 0.15) is 0 Å². The van der Waals surface area contributed by atoms with Crippen LogP contribution in [0.15, 0.2) is 64.2 Å². The lowest BCUT2D eigenvalue weighted by molar-refractivity contribution is 0.498. The van der Waals surface area contributed by atoms with Crippen LogP contribution < -0.4 is 0 Å². The molecule has 124 valence electrons. The molecule has 0 N–H and O–H groups in total. The van der Waals surface area contributed by atoms with Crippen LogP contribution in [0.1, 0.15) is 19.4 Å². The van der Waals surface area contributed by atoms with E-state index in [9.17, 15) is 0 Å². The third-order valence-corrected chi connectivity index (χ3v) is 5.14. The quantitative estimate of drug-likeness (QED) is 0.499. The first kappa shape index (κ1) is 17.2. The summed E-state index contributed by atoms with van der Waals surface area (Å²) in [5.41, 5.74) is 2.39. The SMILES string of the molecule is CC(C)Cn1c(SCc2ccc(Br)cc2)nnc1-c1ccccc1. The molecule has 1 heterocycles. The summed E-state index contributed by atoms with van der Waals surface area (Å²) < 4.78 is 3.34. The molecule has 3 aromatic rings. The van der Waals surface area contributed by atoms with E-state index in [1.807, 2.05) is 18.2 Å². The summed E-state index contributed by atoms with van der Waals surface area (Å²) in [6.45, 7) is 5.36. The van der Waals surface area contributed by atoms with Crippen molar-refractivity contribution in [2.24, 2.45) is 5.92 Å². The summed E-state index contributed by atoms with van der Waals surface area (Å²) in [5, 5.41) is 9.87. The second kappa shape index (κ2) is 7.99. The van der Waals surface area contributed by atoms with Crippen molar-refractivity contribution in [1.82, 2.24) is 14.8 Å². The number of nitrogens with zero attached hydrogens (tertiary/aromatic N) is 3. The predicted octanol–water partition coefficient (Wildman–Crippen LogP) is 5.66. The van der Waals surface area contributed by atoms with Crippen LogP contribution in [0.4, 0.5) is 0 Å². The van der Waals surface area contributed by atoms with Crippen LogP contribution in [0.5, 0.6) is 0 Å². The van der Waals surface area contributed by atoms with Gasteiger partial charge in [0.25, 0.3) is 0 Å². The number of halogens is 1. The highest BCUT2D eigenvalue weighted by Gasteiger charge is 2.15. The number of benzene rings is 2. The second-order valence-corrected chi connectivity index (χ2v) is 7.95. The first-order valence-corrected chi connectivity index (χ1v) is 9.77. The molecule has 0 unspecified atom stereocenters. The van der Waals surface area contributed by atoms with E-state index in [2.05, 4.69) is 80.9 Å². The van der Waals surface area contributed by atoms with Crippen LogP contribution in [0, 0.1) is 5.92 Å². The van der Waals surface area contributed by atoms with E-state index in [0.29, 0.717) is 5.92 Å². The Morgan fingerprint density at radius 1 is 1.00 bits per heavy atom. The first-order chi connectivity index (χ1) is 11.6. The molecule has 3 nitrogen and oxygen atoms in total. The number of hydrogen-bond donors (Lipinski definition) is 0. The fourth-order valence-electron chi connectivity index (χ4n) is 2.45. The van der Waals surface area contributed by atoms with E-state index in [0.717, 1.165) is 33.3 Å². The van der Waals surface area contributed by atoms with Crippen molar-refractivity contribution in [1.29, 1.82) is 0 Å². The zero-order chi connectivity index (χ0) is 16.9. The average Bonchev–Trinajstić information content (AvgIpc) is 2.97. The van der Waals surface area contributed by atoms with Gasteiger partial charge >= 0.3 is 0 Å². The highest BCUT2D eigenvalue weighted by molar-refractivity contribution is 9.10. The van der Waals surface area contributed by atoms with Gasteiger partial charge in [-0.25, -0.2) is 0 Å². The van der Waals surface area contributed by atoms with Crippen LogP contribution in [0.3, 0.4) is 0 Å². The lowest BCUT2D eigenvalue weighted by Crippen LogP contribution is -2.07. The molecular formula is C19H20BrN3S. The Morgan fingerprint density at radius 2 is 1.71 bits per heavy atom. The van der Waals surface area contributed by atoms with Gasteiger partial charge in [-0.2, -0.15) is 0 Å². The first-order valence-electron chi connectivity index (χ1n) is 7.99. The Balaban J connectivity index is 1.84. The van der Waals surface area contributed by atoms with Crippen LogP contribution in [-0.2, 0) is 12.3 Å². The van der Waals surface area contributed by atoms with E-state index in [4.69, 9.17) is 0 Å². The summed E-state index contributed by atoms with van der Waals surface area (Å²) in [5.74, 6) is 2.37. The van der Waals surface area contributed by atoms with Gasteiger partial charge in [0.15, 0.2) is 11.0 Å². The summed E-state index contributed by atoms with van der Waals surface area (Å²) in [6.07, 6.45) is 0. The third-order valence-electron chi connectivity index (χ3n) is 3.58. The largest absolute Gasteiger partial charge is 0.302 e. The Hall–Kier alpha value is -1.59. The van der Waals surface area contributed by atoms with Gasteiger partial charge in [-0.3, -0.25) is 0 Å². The molecule has 0 amide bonds. The van der Waals surface area contributed by atoms with Crippen LogP contribution in [0.2, 0.25) is 0 Å². The molecule has 0 saturated heterocycles. The molecule has 0 aliphatic carbocycles. The molecule has 0 fully saturated rings. The minimum absolute atomic E-state index is 0.537. The van der Waals surface area contributed by atoms with Crippen LogP contribution in [-0.4, -0.2) is 14.8 Å². The van der Waals surface area contributed by atoms with Crippen molar-refractivity contribution in [3.8, 4) is 11.4 Å². The summed E-state index contributed by atoms with van der Waals surface area (Å²) in [6, 6.07) is 18.7. The molecule has 1 aromatic heterocycles. The Kier molecular flexibility index (Phi) is 5.74. The fourth-order valence-corrected chi connectivity index (χ4v) is 3.62. The molecule has 0 atom stereocenters. The molecule has 3 rings (SSSR count). The molecule has 5 heteroatoms. The Morgan fingerprint density at radius 3 is 2.38 bits per heavy atom. The zero-order valence-electron chi connectivity index (χ0n) is 13.8. The molecule has 0 bridgehead atoms. The summed E-state index contributed by atoms with van der Waals surface area (Å²) in [7, 11) is 0. The standard InChI is InChI=1S/C19H20BrN3S/c1-14(2)12-23-18(16-6-4-3-5-7-16)21-22-19(23)24-13-15-8-10-17(20)11-9-15/h3-11,14H,12-13H2,1-2H3. The van der Waals surface area contributed by atoms with Crippen molar-refractivity contribution in [2.75, 3.05) is 0 Å². The highest BCUT2D eigenvalue weighted by atomic mass is 79.9. The van der Waals surface area contributed by atoms with E-state index in [1.165, 1.54) is 5.56 Å². The monoisotopic (exact) mass is 401 g/mol. The maximum Gasteiger partial charge on any atom is 0.191 e. The number of thioether (sulfide) groups is 1. The topological polar surface area (TPSA) is 30.7 Å². The molecule has 0 spiro atoms. The number of hydrogen-bond acceptors (Lipinski definition) is 3. The fraction of sp³-hybridized carbons (Fsp3) is 0.263.